The summed E-state index contributed by atoms with van der Waals surface area (Å²) in [5.74, 6) is -2.62. The van der Waals surface area contributed by atoms with Gasteiger partial charge >= 0.3 is 0 Å². The van der Waals surface area contributed by atoms with E-state index in [2.05, 4.69) is 50.2 Å². The number of nitrogens with zero attached hydrogens (tertiary/aromatic N) is 1. The van der Waals surface area contributed by atoms with Crippen molar-refractivity contribution in [3.8, 4) is 0 Å². The first-order chi connectivity index (χ1) is 14.9. The molecular weight excluding hydrogens is 536 g/mol. The highest BCUT2D eigenvalue weighted by molar-refractivity contribution is 9.10. The van der Waals surface area contributed by atoms with Crippen LogP contribution in [0.5, 0.6) is 0 Å². The van der Waals surface area contributed by atoms with Crippen LogP contribution in [0.15, 0.2) is 75.8 Å². The minimum Gasteiger partial charge on any atom is -0.411 e. The van der Waals surface area contributed by atoms with E-state index in [1.54, 1.807) is 36.4 Å². The summed E-state index contributed by atoms with van der Waals surface area (Å²) in [6, 6.07) is 8.90. The van der Waals surface area contributed by atoms with Crippen molar-refractivity contribution in [1.82, 2.24) is 0 Å². The maximum atomic E-state index is 14.8. The third-order valence-corrected chi connectivity index (χ3v) is 5.52. The normalized spacial score (nSPS) is 12.8. The number of oxime groups is 1. The summed E-state index contributed by atoms with van der Waals surface area (Å²) in [4.78, 5) is 0. The van der Waals surface area contributed by atoms with Crippen molar-refractivity contribution in [2.45, 2.75) is 11.8 Å². The van der Waals surface area contributed by atoms with Crippen LogP contribution in [-0.2, 0) is 9.47 Å². The summed E-state index contributed by atoms with van der Waals surface area (Å²) in [5.41, 5.74) is 0.604. The summed E-state index contributed by atoms with van der Waals surface area (Å²) in [5, 5.41) is 13.5. The summed E-state index contributed by atoms with van der Waals surface area (Å²) in [6.07, 6.45) is 3.12. The van der Waals surface area contributed by atoms with Crippen LogP contribution in [0.25, 0.3) is 0 Å². The van der Waals surface area contributed by atoms with Crippen molar-refractivity contribution >= 4 is 37.6 Å². The first kappa shape index (κ1) is 25.4. The van der Waals surface area contributed by atoms with Crippen LogP contribution in [0.3, 0.4) is 0 Å². The molecule has 4 nitrogen and oxygen atoms in total. The van der Waals surface area contributed by atoms with Gasteiger partial charge in [0.15, 0.2) is 0 Å². The van der Waals surface area contributed by atoms with Crippen molar-refractivity contribution in [2.75, 3.05) is 26.4 Å². The Balaban J connectivity index is 2.58. The highest BCUT2D eigenvalue weighted by Crippen LogP contribution is 2.33. The van der Waals surface area contributed by atoms with Crippen molar-refractivity contribution < 1.29 is 23.5 Å². The average molecular weight is 559 g/mol. The molecule has 166 valence electrons. The molecule has 2 aromatic rings. The minimum absolute atomic E-state index is 0.00757. The van der Waals surface area contributed by atoms with Crippen LogP contribution in [0.1, 0.15) is 23.0 Å². The van der Waals surface area contributed by atoms with E-state index >= 15 is 0 Å². The molecule has 0 saturated carbocycles. The summed E-state index contributed by atoms with van der Waals surface area (Å²) < 4.78 is 42.0. The van der Waals surface area contributed by atoms with Gasteiger partial charge < -0.3 is 14.7 Å². The number of hydrogen-bond acceptors (Lipinski definition) is 4. The zero-order valence-corrected chi connectivity index (χ0v) is 19.9. The number of rotatable bonds is 12. The molecule has 8 heteroatoms. The van der Waals surface area contributed by atoms with Gasteiger partial charge in [-0.25, -0.2) is 8.78 Å². The quantitative estimate of drug-likeness (QED) is 0.105. The molecule has 0 heterocycles. The second-order valence-electron chi connectivity index (χ2n) is 6.61. The van der Waals surface area contributed by atoms with Crippen molar-refractivity contribution in [1.29, 1.82) is 0 Å². The predicted molar refractivity (Wildman–Crippen MR) is 125 cm³/mol. The summed E-state index contributed by atoms with van der Waals surface area (Å²) in [6.45, 7) is 7.64. The van der Waals surface area contributed by atoms with Gasteiger partial charge in [0.1, 0.15) is 11.6 Å². The van der Waals surface area contributed by atoms with Gasteiger partial charge in [0.2, 0.25) is 0 Å². The number of hydrogen-bond donors (Lipinski definition) is 1. The highest BCUT2D eigenvalue weighted by atomic mass is 79.9. The van der Waals surface area contributed by atoms with Crippen LogP contribution in [0.4, 0.5) is 8.78 Å². The largest absolute Gasteiger partial charge is 0.411 e. The van der Waals surface area contributed by atoms with Gasteiger partial charge in [-0.15, -0.1) is 13.2 Å². The van der Waals surface area contributed by atoms with E-state index < -0.39 is 23.5 Å². The van der Waals surface area contributed by atoms with Crippen molar-refractivity contribution in [3.05, 3.63) is 93.4 Å². The van der Waals surface area contributed by atoms with Crippen molar-refractivity contribution in [3.63, 3.8) is 0 Å². The van der Waals surface area contributed by atoms with Gasteiger partial charge in [-0.05, 0) is 36.4 Å². The van der Waals surface area contributed by atoms with E-state index in [1.165, 1.54) is 12.1 Å². The molecule has 2 rings (SSSR count). The van der Waals surface area contributed by atoms with E-state index in [0.717, 1.165) is 0 Å². The van der Waals surface area contributed by atoms with Gasteiger partial charge in [-0.1, -0.05) is 49.2 Å². The van der Waals surface area contributed by atoms with Gasteiger partial charge in [-0.3, -0.25) is 0 Å². The smallest absolute Gasteiger partial charge is 0.127 e. The van der Waals surface area contributed by atoms with Gasteiger partial charge in [-0.2, -0.15) is 0 Å². The van der Waals surface area contributed by atoms with Crippen LogP contribution in [0.2, 0.25) is 0 Å². The van der Waals surface area contributed by atoms with Crippen molar-refractivity contribution in [2.24, 2.45) is 5.16 Å². The lowest BCUT2D eigenvalue weighted by molar-refractivity contribution is 0.146. The lowest BCUT2D eigenvalue weighted by Gasteiger charge is -2.26. The molecule has 0 aliphatic heterocycles. The Morgan fingerprint density at radius 2 is 1.32 bits per heavy atom. The molecule has 0 spiro atoms. The molecule has 2 atom stereocenters. The fourth-order valence-corrected chi connectivity index (χ4v) is 3.91. The molecule has 0 aliphatic carbocycles. The van der Waals surface area contributed by atoms with E-state index in [0.29, 0.717) is 8.95 Å². The van der Waals surface area contributed by atoms with Crippen LogP contribution in [0, 0.1) is 11.6 Å². The molecule has 0 amide bonds. The molecule has 0 bridgehead atoms. The van der Waals surface area contributed by atoms with Crippen LogP contribution >= 0.6 is 31.9 Å². The summed E-state index contributed by atoms with van der Waals surface area (Å²) >= 11 is 6.69. The number of benzene rings is 2. The molecular formula is C23H23Br2F2NO3. The van der Waals surface area contributed by atoms with Gasteiger partial charge in [0, 0.05) is 20.1 Å². The van der Waals surface area contributed by atoms with E-state index in [1.807, 2.05) is 0 Å². The zero-order chi connectivity index (χ0) is 22.8. The van der Waals surface area contributed by atoms with Crippen LogP contribution < -0.4 is 0 Å². The summed E-state index contributed by atoms with van der Waals surface area (Å²) in [7, 11) is 0. The number of halogens is 4. The Morgan fingerprint density at radius 3 is 1.68 bits per heavy atom. The Kier molecular flexibility index (Phi) is 10.5. The molecule has 2 unspecified atom stereocenters. The highest BCUT2D eigenvalue weighted by Gasteiger charge is 2.32. The van der Waals surface area contributed by atoms with E-state index in [9.17, 15) is 14.0 Å². The maximum Gasteiger partial charge on any atom is 0.127 e. The zero-order valence-electron chi connectivity index (χ0n) is 16.7. The molecule has 0 aliphatic rings. The third kappa shape index (κ3) is 7.07. The lowest BCUT2D eigenvalue weighted by Crippen LogP contribution is -2.29. The third-order valence-electron chi connectivity index (χ3n) is 4.54. The van der Waals surface area contributed by atoms with Gasteiger partial charge in [0.05, 0.1) is 44.0 Å². The standard InChI is InChI=1S/C23H23Br2F2NO3/c1-3-9-30-13-19(17-11-15(24)5-7-21(17)26)23(28-29)20(14-31-10-4-2)18-12-16(25)6-8-22(18)27/h3-8,11-12,19-20,29H,1-2,9-10,13-14H2. The Hall–Kier alpha value is -1.87. The van der Waals surface area contributed by atoms with Crippen LogP contribution in [-0.4, -0.2) is 37.3 Å². The fraction of sp³-hybridized carbons (Fsp3) is 0.261. The molecule has 0 saturated heterocycles. The lowest BCUT2D eigenvalue weighted by atomic mass is 9.83. The topological polar surface area (TPSA) is 51.0 Å². The fourth-order valence-electron chi connectivity index (χ4n) is 3.15. The second kappa shape index (κ2) is 12.9. The Labute approximate surface area is 197 Å². The van der Waals surface area contributed by atoms with E-state index in [4.69, 9.17) is 9.47 Å². The molecule has 1 N–H and O–H groups in total. The first-order valence-electron chi connectivity index (χ1n) is 9.41. The Bertz CT molecular complexity index is 866. The minimum atomic E-state index is -0.807. The monoisotopic (exact) mass is 557 g/mol. The van der Waals surface area contributed by atoms with E-state index in [-0.39, 0.29) is 43.3 Å². The van der Waals surface area contributed by atoms with Gasteiger partial charge in [0.25, 0.3) is 0 Å². The molecule has 0 aromatic heterocycles. The molecule has 31 heavy (non-hydrogen) atoms. The Morgan fingerprint density at radius 1 is 0.903 bits per heavy atom. The number of ether oxygens (including phenoxy) is 2. The maximum absolute atomic E-state index is 14.8. The second-order valence-corrected chi connectivity index (χ2v) is 8.45. The first-order valence-corrected chi connectivity index (χ1v) is 11.0. The predicted octanol–water partition coefficient (Wildman–Crippen LogP) is 6.59. The SMILES string of the molecule is C=CCOCC(C(=NO)C(COCC=C)c1cc(Br)ccc1F)c1cc(Br)ccc1F. The molecule has 0 radical (unpaired) electrons. The molecule has 2 aromatic carbocycles. The average Bonchev–Trinajstić information content (AvgIpc) is 2.75. The molecule has 0 fully saturated rings.